The lowest BCUT2D eigenvalue weighted by Crippen LogP contribution is -2.51. The lowest BCUT2D eigenvalue weighted by Gasteiger charge is -2.58. The van der Waals surface area contributed by atoms with Gasteiger partial charge in [0.05, 0.1) is 18.3 Å². The van der Waals surface area contributed by atoms with Crippen molar-refractivity contribution in [3.8, 4) is 0 Å². The van der Waals surface area contributed by atoms with Gasteiger partial charge >= 0.3 is 12.4 Å². The molecule has 0 spiro atoms. The number of rotatable bonds is 13. The molecule has 9 saturated carbocycles. The summed E-state index contributed by atoms with van der Waals surface area (Å²) in [7, 11) is 0. The highest BCUT2D eigenvalue weighted by molar-refractivity contribution is 5.28. The second kappa shape index (κ2) is 28.6. The molecule has 10 heteroatoms. The van der Waals surface area contributed by atoms with Crippen LogP contribution in [0.1, 0.15) is 311 Å². The molecule has 0 amide bonds. The van der Waals surface area contributed by atoms with Crippen LogP contribution in [0.2, 0.25) is 0 Å². The summed E-state index contributed by atoms with van der Waals surface area (Å²) in [5, 5.41) is 39.9. The number of allylic oxidation sites excluding steroid dienone is 3. The van der Waals surface area contributed by atoms with Crippen LogP contribution in [-0.2, 0) is 0 Å². The normalized spacial score (nSPS) is 43.9. The molecule has 0 radical (unpaired) electrons. The maximum Gasteiger partial charge on any atom is 0.402 e. The van der Waals surface area contributed by atoms with E-state index in [-0.39, 0.29) is 62.3 Å². The predicted octanol–water partition coefficient (Wildman–Crippen LogP) is 23.5. The van der Waals surface area contributed by atoms with Crippen molar-refractivity contribution in [2.45, 2.75) is 341 Å². The first-order valence-corrected chi connectivity index (χ1v) is 38.3. The molecule has 12 aliphatic rings. The number of halogens is 6. The van der Waals surface area contributed by atoms with E-state index in [1.165, 1.54) is 115 Å². The molecule has 25 atom stereocenters. The van der Waals surface area contributed by atoms with Gasteiger partial charge in [-0.05, 0) is 326 Å². The topological polar surface area (TPSA) is 80.9 Å². The van der Waals surface area contributed by atoms with Crippen molar-refractivity contribution in [3.63, 3.8) is 0 Å². The third-order valence-corrected chi connectivity index (χ3v) is 31.9. The largest absolute Gasteiger partial charge is 0.402 e. The summed E-state index contributed by atoms with van der Waals surface area (Å²) < 4.78 is 80.5. The molecule has 0 aromatic rings. The van der Waals surface area contributed by atoms with Crippen molar-refractivity contribution in [1.29, 1.82) is 0 Å². The third-order valence-electron chi connectivity index (χ3n) is 31.9. The number of fused-ring (bicyclic) bond motifs is 15. The molecule has 0 aromatic carbocycles. The van der Waals surface area contributed by atoms with Gasteiger partial charge in [-0.25, -0.2) is 0 Å². The number of alkyl halides is 6. The Bertz CT molecular complexity index is 2570. The Labute approximate surface area is 565 Å². The molecule has 4 nitrogen and oxygen atoms in total. The van der Waals surface area contributed by atoms with E-state index in [2.05, 4.69) is 101 Å². The molecular formula is C83H140F6O4. The summed E-state index contributed by atoms with van der Waals surface area (Å²) in [6.07, 6.45) is 30.1. The van der Waals surface area contributed by atoms with Gasteiger partial charge in [0.1, 0.15) is 0 Å². The average molecular weight is 1320 g/mol. The highest BCUT2D eigenvalue weighted by Crippen LogP contribution is 2.71. The van der Waals surface area contributed by atoms with Gasteiger partial charge in [0, 0.05) is 6.61 Å². The van der Waals surface area contributed by atoms with E-state index in [9.17, 15) is 46.8 Å². The third kappa shape index (κ3) is 14.4. The van der Waals surface area contributed by atoms with E-state index in [4.69, 9.17) is 0 Å². The lowest BCUT2D eigenvalue weighted by molar-refractivity contribution is -0.337. The minimum atomic E-state index is -5.31. The fourth-order valence-electron chi connectivity index (χ4n) is 26.0. The van der Waals surface area contributed by atoms with Crippen LogP contribution < -0.4 is 0 Å². The van der Waals surface area contributed by atoms with Crippen LogP contribution in [0, 0.1) is 138 Å². The van der Waals surface area contributed by atoms with Crippen molar-refractivity contribution in [2.75, 3.05) is 6.61 Å². The first-order valence-electron chi connectivity index (χ1n) is 38.3. The van der Waals surface area contributed by atoms with Gasteiger partial charge in [0.25, 0.3) is 0 Å². The molecule has 12 rings (SSSR count). The standard InChI is InChI=1S/C27H40F6O.C27H46O2.C27H46O.2CH4/c1-16(9-14-25(4,26(28,29)30)27(31,32)33)20-7-8-21-19-6-5-17-15-18(34)10-12-23(17,2)22(19)11-13-24(20,21)3;1-18(17-28)6-5-7-19(2)23-10-11-24-22-9-8-20-16-21(29)12-14-26(20,3)25(22)13-15-27(23,24)4;1-18(11-14-25(2,3)4)22-9-10-23-21-8-7-19-17-20(28)12-15-26(19,5)24(21)13-16-27(22,23)6;;/h5,16,18-22,34H,6-15H2,1-4H3;8,18-19,21-25,28-29H,5-7,9-17H2,1-4H3;7,18,20-24,28H,8-17H2,1-6H3;2*1H4/t16?,18-,19?,20?,21?,22?,23?,24?;18?,19-,21+,22?,23-,24?,25?,26+,27-;18-,20+,21+,22-,23+,24+,26+,27-;;/m011../s1. The lowest BCUT2D eigenvalue weighted by atomic mass is 9.47. The molecule has 0 heterocycles. The number of hydrogen-bond donors (Lipinski definition) is 4. The van der Waals surface area contributed by atoms with Crippen molar-refractivity contribution in [2.24, 2.45) is 138 Å². The predicted molar refractivity (Wildman–Crippen MR) is 373 cm³/mol. The quantitative estimate of drug-likeness (QED) is 0.109. The number of aliphatic hydroxyl groups excluding tert-OH is 4. The zero-order valence-electron chi connectivity index (χ0n) is 59.9. The Morgan fingerprint density at radius 1 is 0.419 bits per heavy atom. The van der Waals surface area contributed by atoms with Gasteiger partial charge in [-0.2, -0.15) is 26.3 Å². The summed E-state index contributed by atoms with van der Waals surface area (Å²) in [4.78, 5) is 0. The van der Waals surface area contributed by atoms with Gasteiger partial charge in [-0.3, -0.25) is 0 Å². The monoisotopic (exact) mass is 1320 g/mol. The van der Waals surface area contributed by atoms with Crippen LogP contribution in [0.5, 0.6) is 0 Å². The highest BCUT2D eigenvalue weighted by Gasteiger charge is 2.68. The van der Waals surface area contributed by atoms with Crippen molar-refractivity contribution < 1.29 is 46.8 Å². The smallest absolute Gasteiger partial charge is 0.396 e. The minimum Gasteiger partial charge on any atom is -0.396 e. The minimum absolute atomic E-state index is 0. The molecular weight excluding hydrogens is 1170 g/mol. The SMILES string of the molecule is C.C.CC(CCC(C)(C(F)(F)F)C(F)(F)F)C1CCC2C3CC=C4C[C@@H](O)CCC4(C)C3CCC12C.CC(CO)CCC[C@@H](C)[C@H]1CCC2C3CC=C4C[C@@H](O)CC[C@]4(C)C3CC[C@@]21C.C[C@H](CCC(C)(C)C)[C@H]1CC[C@H]2[C@@H]3CC=C4C[C@@H](O)CC[C@]4(C)[C@H]3CC[C@]12C. The van der Waals surface area contributed by atoms with Crippen molar-refractivity contribution in [1.82, 2.24) is 0 Å². The highest BCUT2D eigenvalue weighted by atomic mass is 19.4. The zero-order chi connectivity index (χ0) is 66.5. The van der Waals surface area contributed by atoms with Gasteiger partial charge in [-0.1, -0.05) is 153 Å². The van der Waals surface area contributed by atoms with Gasteiger partial charge in [0.2, 0.25) is 0 Å². The van der Waals surface area contributed by atoms with Crippen LogP contribution in [0.3, 0.4) is 0 Å². The van der Waals surface area contributed by atoms with Gasteiger partial charge in [0.15, 0.2) is 5.41 Å². The fourth-order valence-corrected chi connectivity index (χ4v) is 26.0. The van der Waals surface area contributed by atoms with Crippen LogP contribution in [0.15, 0.2) is 34.9 Å². The van der Waals surface area contributed by atoms with Gasteiger partial charge < -0.3 is 20.4 Å². The summed E-state index contributed by atoms with van der Waals surface area (Å²) in [5.74, 6) is 10.9. The first kappa shape index (κ1) is 77.4. The summed E-state index contributed by atoms with van der Waals surface area (Å²) in [5.41, 5.74) is 3.40. The van der Waals surface area contributed by atoms with Crippen molar-refractivity contribution >= 4 is 0 Å². The molecule has 0 saturated heterocycles. The molecule has 0 bridgehead atoms. The van der Waals surface area contributed by atoms with Crippen LogP contribution in [-0.4, -0.2) is 57.7 Å². The van der Waals surface area contributed by atoms with Crippen LogP contribution >= 0.6 is 0 Å². The zero-order valence-corrected chi connectivity index (χ0v) is 59.9. The van der Waals surface area contributed by atoms with E-state index >= 15 is 0 Å². The molecule has 11 unspecified atom stereocenters. The molecule has 0 aromatic heterocycles. The molecule has 12 aliphatic carbocycles. The van der Waals surface area contributed by atoms with E-state index in [0.29, 0.717) is 64.3 Å². The number of hydrogen-bond acceptors (Lipinski definition) is 4. The van der Waals surface area contributed by atoms with E-state index < -0.39 is 24.2 Å². The van der Waals surface area contributed by atoms with Crippen LogP contribution in [0.4, 0.5) is 26.3 Å². The summed E-state index contributed by atoms with van der Waals surface area (Å²) in [6, 6.07) is 0. The molecule has 0 aliphatic heterocycles. The average Bonchev–Trinajstić information content (AvgIpc) is 1.70. The molecule has 9 fully saturated rings. The molecule has 538 valence electrons. The second-order valence-electron chi connectivity index (χ2n) is 37.8. The Balaban J connectivity index is 0.000000178. The van der Waals surface area contributed by atoms with Gasteiger partial charge in [-0.15, -0.1) is 0 Å². The van der Waals surface area contributed by atoms with E-state index in [0.717, 1.165) is 136 Å². The van der Waals surface area contributed by atoms with Crippen molar-refractivity contribution in [3.05, 3.63) is 34.9 Å². The second-order valence-corrected chi connectivity index (χ2v) is 37.8. The van der Waals surface area contributed by atoms with Crippen LogP contribution in [0.25, 0.3) is 0 Å². The first-order chi connectivity index (χ1) is 42.4. The van der Waals surface area contributed by atoms with E-state index in [1.54, 1.807) is 11.1 Å². The number of aliphatic hydroxyl groups is 4. The Morgan fingerprint density at radius 2 is 0.731 bits per heavy atom. The summed E-state index contributed by atoms with van der Waals surface area (Å²) >= 11 is 0. The molecule has 93 heavy (non-hydrogen) atoms. The fraction of sp³-hybridized carbons (Fsp3) is 0.928. The Morgan fingerprint density at radius 3 is 1.03 bits per heavy atom. The maximum absolute atomic E-state index is 13.4. The maximum atomic E-state index is 13.4. The summed E-state index contributed by atoms with van der Waals surface area (Å²) in [6.45, 7) is 32.1. The Kier molecular flexibility index (Phi) is 23.8. The Hall–Kier alpha value is -1.36. The van der Waals surface area contributed by atoms with E-state index in [1.807, 2.05) is 6.92 Å². The molecule has 4 N–H and O–H groups in total.